The van der Waals surface area contributed by atoms with E-state index >= 15 is 0 Å². The molecule has 3 rings (SSSR count). The largest absolute Gasteiger partial charge is 0.337 e. The number of hydrogen-bond donors (Lipinski definition) is 3. The van der Waals surface area contributed by atoms with Crippen molar-refractivity contribution in [1.82, 2.24) is 25.1 Å². The van der Waals surface area contributed by atoms with Crippen molar-refractivity contribution in [2.75, 3.05) is 13.1 Å². The van der Waals surface area contributed by atoms with Crippen LogP contribution in [0.15, 0.2) is 21.9 Å². The Hall–Kier alpha value is -2.64. The zero-order valence-electron chi connectivity index (χ0n) is 12.9. The Labute approximate surface area is 131 Å². The van der Waals surface area contributed by atoms with Gasteiger partial charge in [-0.3, -0.25) is 19.7 Å². The van der Waals surface area contributed by atoms with Gasteiger partial charge in [-0.2, -0.15) is 5.10 Å². The third kappa shape index (κ3) is 3.10. The molecule has 0 radical (unpaired) electrons. The highest BCUT2D eigenvalue weighted by Crippen LogP contribution is 2.29. The first-order chi connectivity index (χ1) is 11.1. The fraction of sp³-hybridized carbons (Fsp3) is 0.467. The number of aromatic nitrogens is 4. The number of likely N-dealkylation sites (tertiary alicyclic amines) is 1. The van der Waals surface area contributed by atoms with Crippen molar-refractivity contribution in [1.29, 1.82) is 0 Å². The first kappa shape index (κ1) is 15.3. The standard InChI is InChI=1S/C15H19N5O3/c1-2-9-8-16-19-13(9)10-3-5-20(6-4-10)14(22)11-7-12(21)18-15(23)17-11/h7-8,10H,2-6H2,1H3,(H,16,19)(H2,17,18,21,23). The van der Waals surface area contributed by atoms with Gasteiger partial charge in [0.15, 0.2) is 0 Å². The van der Waals surface area contributed by atoms with Crippen molar-refractivity contribution >= 4 is 5.91 Å². The lowest BCUT2D eigenvalue weighted by Crippen LogP contribution is -2.40. The lowest BCUT2D eigenvalue weighted by molar-refractivity contribution is 0.0705. The highest BCUT2D eigenvalue weighted by molar-refractivity contribution is 5.92. The average molecular weight is 317 g/mol. The number of amides is 1. The lowest BCUT2D eigenvalue weighted by atomic mass is 9.90. The van der Waals surface area contributed by atoms with E-state index in [4.69, 9.17) is 0 Å². The van der Waals surface area contributed by atoms with Crippen molar-refractivity contribution in [3.63, 3.8) is 0 Å². The van der Waals surface area contributed by atoms with E-state index in [9.17, 15) is 14.4 Å². The molecule has 2 aromatic rings. The minimum absolute atomic E-state index is 0.0352. The summed E-state index contributed by atoms with van der Waals surface area (Å²) in [7, 11) is 0. The zero-order valence-corrected chi connectivity index (χ0v) is 12.9. The number of aryl methyl sites for hydroxylation is 1. The van der Waals surface area contributed by atoms with Crippen molar-refractivity contribution in [2.24, 2.45) is 0 Å². The Morgan fingerprint density at radius 1 is 1.30 bits per heavy atom. The highest BCUT2D eigenvalue weighted by atomic mass is 16.2. The molecule has 0 unspecified atom stereocenters. The van der Waals surface area contributed by atoms with E-state index in [0.717, 1.165) is 31.0 Å². The van der Waals surface area contributed by atoms with Gasteiger partial charge in [-0.1, -0.05) is 6.92 Å². The maximum atomic E-state index is 12.4. The molecule has 1 aliphatic heterocycles. The lowest BCUT2D eigenvalue weighted by Gasteiger charge is -2.31. The van der Waals surface area contributed by atoms with Gasteiger partial charge in [0.1, 0.15) is 5.69 Å². The number of piperidine rings is 1. The van der Waals surface area contributed by atoms with E-state index in [1.165, 1.54) is 5.56 Å². The van der Waals surface area contributed by atoms with Crippen molar-refractivity contribution in [3.8, 4) is 0 Å². The predicted molar refractivity (Wildman–Crippen MR) is 83.5 cm³/mol. The van der Waals surface area contributed by atoms with Crippen molar-refractivity contribution < 1.29 is 4.79 Å². The molecule has 0 atom stereocenters. The van der Waals surface area contributed by atoms with Crippen LogP contribution in [0.1, 0.15) is 47.4 Å². The molecule has 3 N–H and O–H groups in total. The molecule has 122 valence electrons. The molecule has 1 saturated heterocycles. The summed E-state index contributed by atoms with van der Waals surface area (Å²) in [6.45, 7) is 3.26. The molecule has 8 nitrogen and oxygen atoms in total. The van der Waals surface area contributed by atoms with E-state index in [1.54, 1.807) is 4.90 Å². The third-order valence-electron chi connectivity index (χ3n) is 4.31. The van der Waals surface area contributed by atoms with Crippen LogP contribution in [-0.2, 0) is 6.42 Å². The molecule has 0 saturated carbocycles. The summed E-state index contributed by atoms with van der Waals surface area (Å²) >= 11 is 0. The molecule has 3 heterocycles. The zero-order chi connectivity index (χ0) is 16.4. The summed E-state index contributed by atoms with van der Waals surface area (Å²) in [5, 5.41) is 7.18. The average Bonchev–Trinajstić information content (AvgIpc) is 3.02. The Kier molecular flexibility index (Phi) is 4.14. The molecule has 2 aromatic heterocycles. The predicted octanol–water partition coefficient (Wildman–Crippen LogP) is 0.368. The minimum Gasteiger partial charge on any atom is -0.337 e. The third-order valence-corrected chi connectivity index (χ3v) is 4.31. The number of aromatic amines is 3. The van der Waals surface area contributed by atoms with Crippen LogP contribution in [0.2, 0.25) is 0 Å². The molecule has 1 aliphatic rings. The molecule has 0 aromatic carbocycles. The number of H-pyrrole nitrogens is 3. The number of carbonyl (C=O) groups is 1. The molecular weight excluding hydrogens is 298 g/mol. The second-order valence-electron chi connectivity index (χ2n) is 5.73. The summed E-state index contributed by atoms with van der Waals surface area (Å²) in [6.07, 6.45) is 4.44. The van der Waals surface area contributed by atoms with Crippen LogP contribution in [0.3, 0.4) is 0 Å². The smallest absolute Gasteiger partial charge is 0.326 e. The Balaban J connectivity index is 1.70. The number of carbonyl (C=O) groups excluding carboxylic acids is 1. The van der Waals surface area contributed by atoms with Crippen molar-refractivity contribution in [2.45, 2.75) is 32.1 Å². The number of nitrogens with zero attached hydrogens (tertiary/aromatic N) is 2. The maximum absolute atomic E-state index is 12.4. The van der Waals surface area contributed by atoms with Gasteiger partial charge in [-0.05, 0) is 24.8 Å². The molecule has 1 fully saturated rings. The van der Waals surface area contributed by atoms with Crippen LogP contribution in [0.5, 0.6) is 0 Å². The SMILES string of the molecule is CCc1cn[nH]c1C1CCN(C(=O)c2cc(=O)[nH]c(=O)[nH]2)CC1. The first-order valence-electron chi connectivity index (χ1n) is 7.73. The minimum atomic E-state index is -0.666. The van der Waals surface area contributed by atoms with Crippen LogP contribution in [0.25, 0.3) is 0 Å². The van der Waals surface area contributed by atoms with Gasteiger partial charge in [0.25, 0.3) is 11.5 Å². The Bertz CT molecular complexity index is 783. The molecule has 1 amide bonds. The number of rotatable bonds is 3. The van der Waals surface area contributed by atoms with Crippen LogP contribution in [0.4, 0.5) is 0 Å². The fourth-order valence-electron chi connectivity index (χ4n) is 3.08. The highest BCUT2D eigenvalue weighted by Gasteiger charge is 2.27. The van der Waals surface area contributed by atoms with Gasteiger partial charge < -0.3 is 9.88 Å². The molecule has 8 heteroatoms. The van der Waals surface area contributed by atoms with E-state index in [2.05, 4.69) is 27.1 Å². The van der Waals surface area contributed by atoms with Gasteiger partial charge in [0.2, 0.25) is 0 Å². The summed E-state index contributed by atoms with van der Waals surface area (Å²) in [4.78, 5) is 41.1. The molecular formula is C15H19N5O3. The number of hydrogen-bond acceptors (Lipinski definition) is 4. The van der Waals surface area contributed by atoms with Crippen LogP contribution in [-0.4, -0.2) is 44.1 Å². The topological polar surface area (TPSA) is 115 Å². The van der Waals surface area contributed by atoms with E-state index < -0.39 is 11.2 Å². The molecule has 0 bridgehead atoms. The normalized spacial score (nSPS) is 15.8. The molecule has 23 heavy (non-hydrogen) atoms. The van der Waals surface area contributed by atoms with Gasteiger partial charge in [0.05, 0.1) is 6.20 Å². The molecule has 0 aliphatic carbocycles. The van der Waals surface area contributed by atoms with E-state index in [0.29, 0.717) is 19.0 Å². The van der Waals surface area contributed by atoms with Crippen LogP contribution >= 0.6 is 0 Å². The van der Waals surface area contributed by atoms with Gasteiger partial charge in [0, 0.05) is 30.8 Å². The van der Waals surface area contributed by atoms with Crippen LogP contribution in [0, 0.1) is 0 Å². The van der Waals surface area contributed by atoms with Gasteiger partial charge >= 0.3 is 5.69 Å². The van der Waals surface area contributed by atoms with Crippen molar-refractivity contribution in [3.05, 3.63) is 50.1 Å². The first-order valence-corrected chi connectivity index (χ1v) is 7.73. The summed E-state index contributed by atoms with van der Waals surface area (Å²) in [6, 6.07) is 1.12. The Morgan fingerprint density at radius 2 is 2.04 bits per heavy atom. The Morgan fingerprint density at radius 3 is 2.70 bits per heavy atom. The van der Waals surface area contributed by atoms with Crippen LogP contribution < -0.4 is 11.2 Å². The summed E-state index contributed by atoms with van der Waals surface area (Å²) in [5.74, 6) is 0.0432. The molecule has 0 spiro atoms. The van der Waals surface area contributed by atoms with Gasteiger partial charge in [-0.15, -0.1) is 0 Å². The quantitative estimate of drug-likeness (QED) is 0.758. The fourth-order valence-corrected chi connectivity index (χ4v) is 3.08. The second-order valence-corrected chi connectivity index (χ2v) is 5.73. The van der Waals surface area contributed by atoms with E-state index in [1.807, 2.05) is 6.20 Å². The van der Waals surface area contributed by atoms with E-state index in [-0.39, 0.29) is 11.6 Å². The summed E-state index contributed by atoms with van der Waals surface area (Å²) < 4.78 is 0. The number of nitrogens with one attached hydrogen (secondary N) is 3. The second kappa shape index (κ2) is 6.23. The summed E-state index contributed by atoms with van der Waals surface area (Å²) in [5.41, 5.74) is 1.17. The van der Waals surface area contributed by atoms with Gasteiger partial charge in [-0.25, -0.2) is 4.79 Å². The maximum Gasteiger partial charge on any atom is 0.326 e. The monoisotopic (exact) mass is 317 g/mol.